The summed E-state index contributed by atoms with van der Waals surface area (Å²) < 4.78 is 0. The number of amides is 1. The second-order valence-electron chi connectivity index (χ2n) is 4.43. The third-order valence-corrected chi connectivity index (χ3v) is 3.05. The van der Waals surface area contributed by atoms with Crippen molar-refractivity contribution < 1.29 is 4.79 Å². The largest absolute Gasteiger partial charge is 0.398 e. The van der Waals surface area contributed by atoms with Crippen molar-refractivity contribution >= 4 is 23.2 Å². The number of nitrogen functional groups attached to an aromatic ring is 1. The van der Waals surface area contributed by atoms with E-state index in [0.29, 0.717) is 22.2 Å². The second kappa shape index (κ2) is 3.98. The van der Waals surface area contributed by atoms with Gasteiger partial charge in [-0.25, -0.2) is 0 Å². The lowest BCUT2D eigenvalue weighted by atomic mass is 10.0. The van der Waals surface area contributed by atoms with Crippen molar-refractivity contribution in [2.75, 3.05) is 19.8 Å². The van der Waals surface area contributed by atoms with Crippen LogP contribution in [0.25, 0.3) is 0 Å². The lowest BCUT2D eigenvalue weighted by Crippen LogP contribution is -2.23. The van der Waals surface area contributed by atoms with Gasteiger partial charge in [0.2, 0.25) is 0 Å². The molecule has 0 spiro atoms. The van der Waals surface area contributed by atoms with E-state index in [1.807, 2.05) is 6.07 Å². The molecule has 0 atom stereocenters. The number of anilines is 1. The van der Waals surface area contributed by atoms with E-state index in [2.05, 4.69) is 0 Å². The van der Waals surface area contributed by atoms with Crippen LogP contribution in [0.3, 0.4) is 0 Å². The molecule has 0 radical (unpaired) electrons. The van der Waals surface area contributed by atoms with Crippen molar-refractivity contribution in [2.45, 2.75) is 18.8 Å². The lowest BCUT2D eigenvalue weighted by molar-refractivity contribution is 0.0828. The summed E-state index contributed by atoms with van der Waals surface area (Å²) in [6, 6.07) is 3.52. The monoisotopic (exact) mass is 238 g/mol. The number of nitrogens with zero attached hydrogens (tertiary/aromatic N) is 1. The Bertz CT molecular complexity index is 439. The molecule has 2 rings (SSSR count). The number of rotatable bonds is 2. The van der Waals surface area contributed by atoms with Gasteiger partial charge < -0.3 is 10.6 Å². The van der Waals surface area contributed by atoms with E-state index in [1.54, 1.807) is 20.2 Å². The number of nitrogens with two attached hydrogens (primary N) is 1. The fourth-order valence-corrected chi connectivity index (χ4v) is 2.02. The highest BCUT2D eigenvalue weighted by molar-refractivity contribution is 6.31. The van der Waals surface area contributed by atoms with Gasteiger partial charge in [0.1, 0.15) is 0 Å². The second-order valence-corrected chi connectivity index (χ2v) is 4.87. The summed E-state index contributed by atoms with van der Waals surface area (Å²) in [4.78, 5) is 13.4. The number of halogens is 1. The lowest BCUT2D eigenvalue weighted by Gasteiger charge is -2.15. The highest BCUT2D eigenvalue weighted by atomic mass is 35.5. The summed E-state index contributed by atoms with van der Waals surface area (Å²) in [5, 5.41) is 0.585. The van der Waals surface area contributed by atoms with E-state index >= 15 is 0 Å². The quantitative estimate of drug-likeness (QED) is 0.805. The van der Waals surface area contributed by atoms with Crippen molar-refractivity contribution in [2.24, 2.45) is 0 Å². The summed E-state index contributed by atoms with van der Waals surface area (Å²) in [7, 11) is 3.42. The Morgan fingerprint density at radius 3 is 2.56 bits per heavy atom. The van der Waals surface area contributed by atoms with E-state index < -0.39 is 0 Å². The van der Waals surface area contributed by atoms with Gasteiger partial charge in [0.05, 0.1) is 5.56 Å². The SMILES string of the molecule is CN(C)C(=O)c1cc(Cl)cc(C2CC2)c1N. The smallest absolute Gasteiger partial charge is 0.255 e. The van der Waals surface area contributed by atoms with Crippen LogP contribution < -0.4 is 5.73 Å². The Hall–Kier alpha value is -1.22. The summed E-state index contributed by atoms with van der Waals surface area (Å²) in [5.74, 6) is 0.398. The molecule has 2 N–H and O–H groups in total. The standard InChI is InChI=1S/C12H15ClN2O/c1-15(2)12(16)10-6-8(13)5-9(11(10)14)7-3-4-7/h5-7H,3-4,14H2,1-2H3. The molecule has 1 aromatic rings. The molecule has 0 aromatic heterocycles. The molecule has 1 aliphatic carbocycles. The molecule has 3 nitrogen and oxygen atoms in total. The molecule has 0 unspecified atom stereocenters. The Labute approximate surface area is 100 Å². The van der Waals surface area contributed by atoms with Crippen LogP contribution in [0, 0.1) is 0 Å². The minimum absolute atomic E-state index is 0.0955. The van der Waals surface area contributed by atoms with Gasteiger partial charge in [-0.1, -0.05) is 11.6 Å². The fourth-order valence-electron chi connectivity index (χ4n) is 1.79. The summed E-state index contributed by atoms with van der Waals surface area (Å²) in [6.45, 7) is 0. The van der Waals surface area contributed by atoms with Gasteiger partial charge in [0.25, 0.3) is 5.91 Å². The van der Waals surface area contributed by atoms with Gasteiger partial charge in [0, 0.05) is 24.8 Å². The molecular formula is C12H15ClN2O. The zero-order valence-electron chi connectivity index (χ0n) is 9.46. The van der Waals surface area contributed by atoms with E-state index in [1.165, 1.54) is 4.90 Å². The maximum absolute atomic E-state index is 11.9. The van der Waals surface area contributed by atoms with Gasteiger partial charge in [-0.15, -0.1) is 0 Å². The van der Waals surface area contributed by atoms with Crippen LogP contribution in [0.2, 0.25) is 5.02 Å². The van der Waals surface area contributed by atoms with E-state index in [4.69, 9.17) is 17.3 Å². The van der Waals surface area contributed by atoms with Crippen molar-refractivity contribution in [3.8, 4) is 0 Å². The molecule has 1 saturated carbocycles. The average Bonchev–Trinajstić information content (AvgIpc) is 3.03. The molecule has 0 aliphatic heterocycles. The Balaban J connectivity index is 2.48. The molecular weight excluding hydrogens is 224 g/mol. The van der Waals surface area contributed by atoms with Gasteiger partial charge in [-0.05, 0) is 36.5 Å². The Morgan fingerprint density at radius 2 is 2.06 bits per heavy atom. The molecule has 0 bridgehead atoms. The molecule has 16 heavy (non-hydrogen) atoms. The van der Waals surface area contributed by atoms with Crippen LogP contribution >= 0.6 is 11.6 Å². The Kier molecular flexibility index (Phi) is 2.80. The summed E-state index contributed by atoms with van der Waals surface area (Å²) in [5.41, 5.74) is 8.15. The number of hydrogen-bond donors (Lipinski definition) is 1. The van der Waals surface area contributed by atoms with Gasteiger partial charge in [-0.3, -0.25) is 4.79 Å². The van der Waals surface area contributed by atoms with Crippen LogP contribution in [0.1, 0.15) is 34.7 Å². The molecule has 1 aromatic carbocycles. The summed E-state index contributed by atoms with van der Waals surface area (Å²) in [6.07, 6.45) is 2.28. The zero-order valence-corrected chi connectivity index (χ0v) is 10.2. The van der Waals surface area contributed by atoms with Crippen LogP contribution in [0.15, 0.2) is 12.1 Å². The number of hydrogen-bond acceptors (Lipinski definition) is 2. The first kappa shape index (κ1) is 11.3. The Morgan fingerprint density at radius 1 is 1.44 bits per heavy atom. The molecule has 1 aliphatic rings. The maximum atomic E-state index is 11.9. The predicted octanol–water partition coefficient (Wildman–Crippen LogP) is 2.50. The van der Waals surface area contributed by atoms with Crippen LogP contribution in [-0.2, 0) is 0 Å². The minimum atomic E-state index is -0.0955. The van der Waals surface area contributed by atoms with E-state index in [9.17, 15) is 4.79 Å². The van der Waals surface area contributed by atoms with Gasteiger partial charge >= 0.3 is 0 Å². The predicted molar refractivity (Wildman–Crippen MR) is 65.9 cm³/mol. The molecule has 1 fully saturated rings. The van der Waals surface area contributed by atoms with Crippen LogP contribution in [0.4, 0.5) is 5.69 Å². The first-order valence-electron chi connectivity index (χ1n) is 5.31. The fraction of sp³-hybridized carbons (Fsp3) is 0.417. The van der Waals surface area contributed by atoms with Gasteiger partial charge in [-0.2, -0.15) is 0 Å². The number of carbonyl (C=O) groups excluding carboxylic acids is 1. The third-order valence-electron chi connectivity index (χ3n) is 2.83. The summed E-state index contributed by atoms with van der Waals surface area (Å²) >= 11 is 6.02. The number of carbonyl (C=O) groups is 1. The molecule has 0 saturated heterocycles. The van der Waals surface area contributed by atoms with Crippen molar-refractivity contribution in [3.63, 3.8) is 0 Å². The number of benzene rings is 1. The zero-order chi connectivity index (χ0) is 11.9. The van der Waals surface area contributed by atoms with Crippen molar-refractivity contribution in [1.82, 2.24) is 4.90 Å². The van der Waals surface area contributed by atoms with Crippen LogP contribution in [-0.4, -0.2) is 24.9 Å². The highest BCUT2D eigenvalue weighted by Crippen LogP contribution is 2.44. The van der Waals surface area contributed by atoms with E-state index in [-0.39, 0.29) is 5.91 Å². The van der Waals surface area contributed by atoms with E-state index in [0.717, 1.165) is 18.4 Å². The first-order valence-corrected chi connectivity index (χ1v) is 5.69. The molecule has 86 valence electrons. The average molecular weight is 239 g/mol. The van der Waals surface area contributed by atoms with Crippen LogP contribution in [0.5, 0.6) is 0 Å². The maximum Gasteiger partial charge on any atom is 0.255 e. The normalized spacial score (nSPS) is 14.9. The topological polar surface area (TPSA) is 46.3 Å². The molecule has 1 amide bonds. The van der Waals surface area contributed by atoms with Crippen molar-refractivity contribution in [3.05, 3.63) is 28.3 Å². The first-order chi connectivity index (χ1) is 7.50. The minimum Gasteiger partial charge on any atom is -0.398 e. The third kappa shape index (κ3) is 2.00. The van der Waals surface area contributed by atoms with Crippen molar-refractivity contribution in [1.29, 1.82) is 0 Å². The van der Waals surface area contributed by atoms with Gasteiger partial charge in [0.15, 0.2) is 0 Å². The highest BCUT2D eigenvalue weighted by Gasteiger charge is 2.28. The molecule has 4 heteroatoms. The molecule has 0 heterocycles.